The molecular formula is C34H41N5O5. The van der Waals surface area contributed by atoms with Gasteiger partial charge in [0.25, 0.3) is 5.91 Å². The van der Waals surface area contributed by atoms with Crippen LogP contribution < -0.4 is 16.0 Å². The average Bonchev–Trinajstić information content (AvgIpc) is 3.04. The number of aliphatic hydroxyl groups excluding tert-OH is 1. The molecule has 10 heteroatoms. The number of aliphatic hydroxyl groups is 1. The molecule has 2 aliphatic rings. The summed E-state index contributed by atoms with van der Waals surface area (Å²) in [6, 6.07) is 24.5. The van der Waals surface area contributed by atoms with E-state index in [0.717, 1.165) is 37.1 Å². The number of para-hydroxylation sites is 1. The summed E-state index contributed by atoms with van der Waals surface area (Å²) in [6.07, 6.45) is 1.91. The normalized spacial score (nSPS) is 16.7. The standard InChI is InChI=1S/C34H41N5O5/c40-28-13-18-39(19-14-28)24-32(41)36-27-10-6-9-26(23-27)33(42)35-17-22-38-20-15-29(16-21-38)44-34(43)37-31-12-5-4-11-30(31)25-7-2-1-3-8-25/h1-12,23,28-29,40H,13-22,24H2,(H,35,42)(H,36,41)(H,37,43). The Bertz CT molecular complexity index is 1400. The van der Waals surface area contributed by atoms with E-state index in [1.54, 1.807) is 24.3 Å². The number of hydrogen-bond acceptors (Lipinski definition) is 7. The lowest BCUT2D eigenvalue weighted by atomic mass is 10.0. The Labute approximate surface area is 258 Å². The number of nitrogens with zero attached hydrogens (tertiary/aromatic N) is 2. The first kappa shape index (κ1) is 31.2. The zero-order chi connectivity index (χ0) is 30.7. The minimum atomic E-state index is -0.455. The van der Waals surface area contributed by atoms with Crippen LogP contribution in [0.2, 0.25) is 0 Å². The molecule has 3 aromatic rings. The van der Waals surface area contributed by atoms with Gasteiger partial charge in [-0.1, -0.05) is 54.6 Å². The van der Waals surface area contributed by atoms with Crippen molar-refractivity contribution in [1.29, 1.82) is 0 Å². The summed E-state index contributed by atoms with van der Waals surface area (Å²) in [5, 5.41) is 18.4. The maximum Gasteiger partial charge on any atom is 0.411 e. The minimum Gasteiger partial charge on any atom is -0.446 e. The van der Waals surface area contributed by atoms with Gasteiger partial charge in [0, 0.05) is 56.1 Å². The Kier molecular flexibility index (Phi) is 11.0. The zero-order valence-corrected chi connectivity index (χ0v) is 24.9. The number of carbonyl (C=O) groups excluding carboxylic acids is 3. The highest BCUT2D eigenvalue weighted by molar-refractivity contribution is 5.97. The Morgan fingerprint density at radius 3 is 2.27 bits per heavy atom. The van der Waals surface area contributed by atoms with Gasteiger partial charge in [0.05, 0.1) is 18.3 Å². The number of ether oxygens (including phenoxy) is 1. The molecule has 3 aromatic carbocycles. The van der Waals surface area contributed by atoms with Gasteiger partial charge < -0.3 is 25.4 Å². The molecule has 232 valence electrons. The molecule has 5 rings (SSSR count). The molecule has 0 radical (unpaired) electrons. The molecule has 0 bridgehead atoms. The maximum atomic E-state index is 12.8. The number of amides is 3. The molecule has 0 spiro atoms. The second-order valence-corrected chi connectivity index (χ2v) is 11.4. The average molecular weight is 600 g/mol. The molecule has 10 nitrogen and oxygen atoms in total. The fourth-order valence-electron chi connectivity index (χ4n) is 5.65. The van der Waals surface area contributed by atoms with Gasteiger partial charge in [-0.2, -0.15) is 0 Å². The highest BCUT2D eigenvalue weighted by atomic mass is 16.6. The van der Waals surface area contributed by atoms with Crippen LogP contribution in [0.25, 0.3) is 11.1 Å². The number of benzene rings is 3. The summed E-state index contributed by atoms with van der Waals surface area (Å²) in [6.45, 7) is 4.37. The van der Waals surface area contributed by atoms with Crippen LogP contribution in [-0.4, -0.2) is 90.8 Å². The van der Waals surface area contributed by atoms with Crippen molar-refractivity contribution in [3.05, 3.63) is 84.4 Å². The van der Waals surface area contributed by atoms with Crippen LogP contribution in [0.5, 0.6) is 0 Å². The summed E-state index contributed by atoms with van der Waals surface area (Å²) in [5.74, 6) is -0.336. The van der Waals surface area contributed by atoms with Crippen LogP contribution in [0.1, 0.15) is 36.0 Å². The lowest BCUT2D eigenvalue weighted by Gasteiger charge is -2.31. The van der Waals surface area contributed by atoms with E-state index in [1.807, 2.05) is 59.5 Å². The monoisotopic (exact) mass is 599 g/mol. The van der Waals surface area contributed by atoms with Crippen LogP contribution >= 0.6 is 0 Å². The van der Waals surface area contributed by atoms with Crippen molar-refractivity contribution in [2.75, 3.05) is 56.4 Å². The first-order valence-electron chi connectivity index (χ1n) is 15.4. The van der Waals surface area contributed by atoms with E-state index in [0.29, 0.717) is 56.0 Å². The SMILES string of the molecule is O=C(CN1CCC(O)CC1)Nc1cccc(C(=O)NCCN2CCC(OC(=O)Nc3ccccc3-c3ccccc3)CC2)c1. The molecule has 2 heterocycles. The molecule has 0 atom stereocenters. The third kappa shape index (κ3) is 9.12. The van der Waals surface area contributed by atoms with Crippen LogP contribution in [0.15, 0.2) is 78.9 Å². The Hall–Kier alpha value is -4.25. The first-order valence-corrected chi connectivity index (χ1v) is 15.4. The quantitative estimate of drug-likeness (QED) is 0.276. The third-order valence-corrected chi connectivity index (χ3v) is 8.10. The van der Waals surface area contributed by atoms with Crippen LogP contribution in [0, 0.1) is 0 Å². The molecule has 2 aliphatic heterocycles. The second kappa shape index (κ2) is 15.5. The molecule has 0 saturated carbocycles. The molecular weight excluding hydrogens is 558 g/mol. The minimum absolute atomic E-state index is 0.138. The van der Waals surface area contributed by atoms with E-state index >= 15 is 0 Å². The number of carbonyl (C=O) groups is 3. The van der Waals surface area contributed by atoms with E-state index in [4.69, 9.17) is 4.74 Å². The summed E-state index contributed by atoms with van der Waals surface area (Å²) in [7, 11) is 0. The number of likely N-dealkylation sites (tertiary alicyclic amines) is 2. The van der Waals surface area contributed by atoms with E-state index in [-0.39, 0.29) is 30.6 Å². The van der Waals surface area contributed by atoms with E-state index in [1.165, 1.54) is 0 Å². The van der Waals surface area contributed by atoms with Gasteiger partial charge in [0.1, 0.15) is 6.10 Å². The lowest BCUT2D eigenvalue weighted by molar-refractivity contribution is -0.117. The van der Waals surface area contributed by atoms with Crippen LogP contribution in [0.4, 0.5) is 16.2 Å². The Morgan fingerprint density at radius 2 is 1.50 bits per heavy atom. The fourth-order valence-corrected chi connectivity index (χ4v) is 5.65. The number of hydrogen-bond donors (Lipinski definition) is 4. The molecule has 0 aliphatic carbocycles. The predicted molar refractivity (Wildman–Crippen MR) is 171 cm³/mol. The molecule has 4 N–H and O–H groups in total. The van der Waals surface area contributed by atoms with Gasteiger partial charge in [0.15, 0.2) is 0 Å². The molecule has 2 saturated heterocycles. The van der Waals surface area contributed by atoms with Crippen molar-refractivity contribution in [2.24, 2.45) is 0 Å². The number of nitrogens with one attached hydrogen (secondary N) is 3. The van der Waals surface area contributed by atoms with Gasteiger partial charge in [-0.15, -0.1) is 0 Å². The van der Waals surface area contributed by atoms with Gasteiger partial charge in [-0.3, -0.25) is 19.8 Å². The van der Waals surface area contributed by atoms with Crippen molar-refractivity contribution in [2.45, 2.75) is 37.9 Å². The zero-order valence-electron chi connectivity index (χ0n) is 24.9. The summed E-state index contributed by atoms with van der Waals surface area (Å²) >= 11 is 0. The maximum absolute atomic E-state index is 12.8. The third-order valence-electron chi connectivity index (χ3n) is 8.10. The summed E-state index contributed by atoms with van der Waals surface area (Å²) in [5.41, 5.74) is 3.73. The van der Waals surface area contributed by atoms with Crippen molar-refractivity contribution in [3.8, 4) is 11.1 Å². The largest absolute Gasteiger partial charge is 0.446 e. The predicted octanol–water partition coefficient (Wildman–Crippen LogP) is 4.19. The number of rotatable bonds is 10. The van der Waals surface area contributed by atoms with Gasteiger partial charge in [-0.05, 0) is 55.5 Å². The Morgan fingerprint density at radius 1 is 0.795 bits per heavy atom. The summed E-state index contributed by atoms with van der Waals surface area (Å²) < 4.78 is 5.73. The van der Waals surface area contributed by atoms with Crippen LogP contribution in [-0.2, 0) is 9.53 Å². The van der Waals surface area contributed by atoms with Crippen LogP contribution in [0.3, 0.4) is 0 Å². The van der Waals surface area contributed by atoms with Gasteiger partial charge in [-0.25, -0.2) is 4.79 Å². The number of anilines is 2. The van der Waals surface area contributed by atoms with E-state index in [2.05, 4.69) is 20.9 Å². The highest BCUT2D eigenvalue weighted by Crippen LogP contribution is 2.28. The first-order chi connectivity index (χ1) is 21.4. The topological polar surface area (TPSA) is 123 Å². The highest BCUT2D eigenvalue weighted by Gasteiger charge is 2.23. The van der Waals surface area contributed by atoms with Crippen molar-refractivity contribution >= 4 is 29.3 Å². The summed E-state index contributed by atoms with van der Waals surface area (Å²) in [4.78, 5) is 42.2. The molecule has 0 unspecified atom stereocenters. The molecule has 44 heavy (non-hydrogen) atoms. The molecule has 3 amide bonds. The van der Waals surface area contributed by atoms with Gasteiger partial charge in [0.2, 0.25) is 5.91 Å². The fraction of sp³-hybridized carbons (Fsp3) is 0.382. The molecule has 2 fully saturated rings. The second-order valence-electron chi connectivity index (χ2n) is 11.4. The van der Waals surface area contributed by atoms with E-state index < -0.39 is 6.09 Å². The van der Waals surface area contributed by atoms with Crippen molar-refractivity contribution < 1.29 is 24.2 Å². The van der Waals surface area contributed by atoms with Crippen molar-refractivity contribution in [3.63, 3.8) is 0 Å². The van der Waals surface area contributed by atoms with Crippen molar-refractivity contribution in [1.82, 2.24) is 15.1 Å². The smallest absolute Gasteiger partial charge is 0.411 e. The van der Waals surface area contributed by atoms with Gasteiger partial charge >= 0.3 is 6.09 Å². The Balaban J connectivity index is 1.00. The number of piperidine rings is 2. The molecule has 0 aromatic heterocycles. The lowest BCUT2D eigenvalue weighted by Crippen LogP contribution is -2.42. The van der Waals surface area contributed by atoms with E-state index in [9.17, 15) is 19.5 Å².